The normalized spacial score (nSPS) is 10.9. The fourth-order valence-electron chi connectivity index (χ4n) is 2.09. The van der Waals surface area contributed by atoms with E-state index in [0.29, 0.717) is 18.7 Å². The number of rotatable bonds is 6. The van der Waals surface area contributed by atoms with Crippen LogP contribution in [0.15, 0.2) is 46.9 Å². The van der Waals surface area contributed by atoms with Crippen LogP contribution in [0.4, 0.5) is 0 Å². The van der Waals surface area contributed by atoms with Crippen LogP contribution in [-0.2, 0) is 6.54 Å². The zero-order valence-corrected chi connectivity index (χ0v) is 12.9. The molecule has 0 saturated heterocycles. The number of furan rings is 1. The summed E-state index contributed by atoms with van der Waals surface area (Å²) in [5.41, 5.74) is 0.708. The molecule has 0 spiro atoms. The molecular formula is C17H22N2O2. The van der Waals surface area contributed by atoms with Gasteiger partial charge in [0.15, 0.2) is 0 Å². The molecule has 1 aromatic carbocycles. The molecule has 1 aromatic heterocycles. The average molecular weight is 286 g/mol. The van der Waals surface area contributed by atoms with Gasteiger partial charge in [-0.2, -0.15) is 0 Å². The SMILES string of the molecule is Cc1ccc(CN(CCN(C)C)C(=O)c2ccccc2)o1. The summed E-state index contributed by atoms with van der Waals surface area (Å²) in [6, 6.07) is 13.2. The molecule has 0 atom stereocenters. The Morgan fingerprint density at radius 2 is 1.76 bits per heavy atom. The standard InChI is InChI=1S/C17H22N2O2/c1-14-9-10-16(21-14)13-19(12-11-18(2)3)17(20)15-7-5-4-6-8-15/h4-10H,11-13H2,1-3H3. The number of likely N-dealkylation sites (N-methyl/N-ethyl adjacent to an activating group) is 1. The van der Waals surface area contributed by atoms with E-state index in [-0.39, 0.29) is 5.91 Å². The maximum Gasteiger partial charge on any atom is 0.254 e. The Kier molecular flexibility index (Phi) is 5.17. The minimum atomic E-state index is 0.0338. The number of carbonyl (C=O) groups is 1. The van der Waals surface area contributed by atoms with Gasteiger partial charge in [-0.1, -0.05) is 18.2 Å². The lowest BCUT2D eigenvalue weighted by molar-refractivity contribution is 0.0719. The van der Waals surface area contributed by atoms with Crippen molar-refractivity contribution in [2.45, 2.75) is 13.5 Å². The fraction of sp³-hybridized carbons (Fsp3) is 0.353. The summed E-state index contributed by atoms with van der Waals surface area (Å²) in [5, 5.41) is 0. The monoisotopic (exact) mass is 286 g/mol. The van der Waals surface area contributed by atoms with Gasteiger partial charge in [-0.05, 0) is 45.3 Å². The minimum Gasteiger partial charge on any atom is -0.464 e. The maximum atomic E-state index is 12.6. The molecule has 0 saturated carbocycles. The van der Waals surface area contributed by atoms with Gasteiger partial charge in [0, 0.05) is 18.7 Å². The molecular weight excluding hydrogens is 264 g/mol. The van der Waals surface area contributed by atoms with E-state index in [9.17, 15) is 4.79 Å². The van der Waals surface area contributed by atoms with Gasteiger partial charge in [-0.3, -0.25) is 4.79 Å². The van der Waals surface area contributed by atoms with Crippen molar-refractivity contribution in [3.63, 3.8) is 0 Å². The Balaban J connectivity index is 2.13. The van der Waals surface area contributed by atoms with Crippen molar-refractivity contribution in [3.05, 3.63) is 59.5 Å². The fourth-order valence-corrected chi connectivity index (χ4v) is 2.09. The van der Waals surface area contributed by atoms with Crippen molar-refractivity contribution in [1.29, 1.82) is 0 Å². The van der Waals surface area contributed by atoms with Gasteiger partial charge < -0.3 is 14.2 Å². The first-order valence-electron chi connectivity index (χ1n) is 7.10. The third kappa shape index (κ3) is 4.46. The average Bonchev–Trinajstić information content (AvgIpc) is 2.89. The number of aryl methyl sites for hydroxylation is 1. The van der Waals surface area contributed by atoms with Gasteiger partial charge in [-0.25, -0.2) is 0 Å². The molecule has 0 N–H and O–H groups in total. The predicted molar refractivity (Wildman–Crippen MR) is 83.2 cm³/mol. The molecule has 0 aliphatic heterocycles. The van der Waals surface area contributed by atoms with E-state index < -0.39 is 0 Å². The zero-order valence-electron chi connectivity index (χ0n) is 12.9. The van der Waals surface area contributed by atoms with Gasteiger partial charge >= 0.3 is 0 Å². The molecule has 2 rings (SSSR count). The lowest BCUT2D eigenvalue weighted by atomic mass is 10.2. The predicted octanol–water partition coefficient (Wildman–Crippen LogP) is 2.79. The highest BCUT2D eigenvalue weighted by atomic mass is 16.3. The van der Waals surface area contributed by atoms with Gasteiger partial charge in [0.25, 0.3) is 5.91 Å². The number of carbonyl (C=O) groups excluding carboxylic acids is 1. The minimum absolute atomic E-state index is 0.0338. The smallest absolute Gasteiger partial charge is 0.254 e. The second-order valence-corrected chi connectivity index (χ2v) is 5.41. The van der Waals surface area contributed by atoms with Crippen molar-refractivity contribution in [2.24, 2.45) is 0 Å². The second-order valence-electron chi connectivity index (χ2n) is 5.41. The van der Waals surface area contributed by atoms with E-state index in [0.717, 1.165) is 18.1 Å². The molecule has 1 heterocycles. The Morgan fingerprint density at radius 3 is 2.33 bits per heavy atom. The molecule has 112 valence electrons. The van der Waals surface area contributed by atoms with E-state index >= 15 is 0 Å². The van der Waals surface area contributed by atoms with Crippen LogP contribution in [-0.4, -0.2) is 42.9 Å². The Bertz CT molecular complexity index is 575. The van der Waals surface area contributed by atoms with E-state index in [1.165, 1.54) is 0 Å². The molecule has 4 nitrogen and oxygen atoms in total. The summed E-state index contributed by atoms with van der Waals surface area (Å²) in [6.45, 7) is 3.89. The van der Waals surface area contributed by atoms with E-state index in [1.807, 2.05) is 68.4 Å². The van der Waals surface area contributed by atoms with Crippen LogP contribution >= 0.6 is 0 Å². The quantitative estimate of drug-likeness (QED) is 0.819. The molecule has 1 amide bonds. The Hall–Kier alpha value is -2.07. The summed E-state index contributed by atoms with van der Waals surface area (Å²) in [5.74, 6) is 1.71. The van der Waals surface area contributed by atoms with E-state index in [4.69, 9.17) is 4.42 Å². The first-order chi connectivity index (χ1) is 10.1. The topological polar surface area (TPSA) is 36.7 Å². The molecule has 0 unspecified atom stereocenters. The zero-order chi connectivity index (χ0) is 15.2. The molecule has 0 aliphatic rings. The number of benzene rings is 1. The van der Waals surface area contributed by atoms with Crippen LogP contribution in [0.2, 0.25) is 0 Å². The van der Waals surface area contributed by atoms with Gasteiger partial charge in [0.1, 0.15) is 11.5 Å². The largest absolute Gasteiger partial charge is 0.464 e. The van der Waals surface area contributed by atoms with Crippen molar-refractivity contribution in [3.8, 4) is 0 Å². The molecule has 0 aliphatic carbocycles. The van der Waals surface area contributed by atoms with Crippen LogP contribution in [0.1, 0.15) is 21.9 Å². The van der Waals surface area contributed by atoms with E-state index in [2.05, 4.69) is 4.90 Å². The summed E-state index contributed by atoms with van der Waals surface area (Å²) < 4.78 is 5.60. The second kappa shape index (κ2) is 7.09. The van der Waals surface area contributed by atoms with Crippen LogP contribution < -0.4 is 0 Å². The highest BCUT2D eigenvalue weighted by Gasteiger charge is 2.17. The lowest BCUT2D eigenvalue weighted by Crippen LogP contribution is -2.36. The molecule has 0 radical (unpaired) electrons. The molecule has 0 fully saturated rings. The van der Waals surface area contributed by atoms with Crippen LogP contribution in [0, 0.1) is 6.92 Å². The highest BCUT2D eigenvalue weighted by Crippen LogP contribution is 2.12. The summed E-state index contributed by atoms with van der Waals surface area (Å²) in [6.07, 6.45) is 0. The van der Waals surface area contributed by atoms with E-state index in [1.54, 1.807) is 0 Å². The summed E-state index contributed by atoms with van der Waals surface area (Å²) >= 11 is 0. The van der Waals surface area contributed by atoms with Crippen LogP contribution in [0.25, 0.3) is 0 Å². The van der Waals surface area contributed by atoms with Gasteiger partial charge in [-0.15, -0.1) is 0 Å². The summed E-state index contributed by atoms with van der Waals surface area (Å²) in [7, 11) is 4.00. The van der Waals surface area contributed by atoms with Gasteiger partial charge in [0.05, 0.1) is 6.54 Å². The number of nitrogens with zero attached hydrogens (tertiary/aromatic N) is 2. The lowest BCUT2D eigenvalue weighted by Gasteiger charge is -2.23. The number of hydrogen-bond acceptors (Lipinski definition) is 3. The van der Waals surface area contributed by atoms with Crippen LogP contribution in [0.3, 0.4) is 0 Å². The van der Waals surface area contributed by atoms with Crippen LogP contribution in [0.5, 0.6) is 0 Å². The Morgan fingerprint density at radius 1 is 1.05 bits per heavy atom. The van der Waals surface area contributed by atoms with Crippen molar-refractivity contribution in [1.82, 2.24) is 9.80 Å². The molecule has 4 heteroatoms. The number of amides is 1. The first-order valence-corrected chi connectivity index (χ1v) is 7.10. The molecule has 2 aromatic rings. The maximum absolute atomic E-state index is 12.6. The Labute approximate surface area is 126 Å². The third-order valence-electron chi connectivity index (χ3n) is 3.27. The van der Waals surface area contributed by atoms with Crippen molar-refractivity contribution < 1.29 is 9.21 Å². The third-order valence-corrected chi connectivity index (χ3v) is 3.27. The molecule has 21 heavy (non-hydrogen) atoms. The highest BCUT2D eigenvalue weighted by molar-refractivity contribution is 5.94. The number of hydrogen-bond donors (Lipinski definition) is 0. The first kappa shape index (κ1) is 15.3. The molecule has 0 bridgehead atoms. The van der Waals surface area contributed by atoms with Crippen molar-refractivity contribution in [2.75, 3.05) is 27.2 Å². The summed E-state index contributed by atoms with van der Waals surface area (Å²) in [4.78, 5) is 16.5. The van der Waals surface area contributed by atoms with Crippen molar-refractivity contribution >= 4 is 5.91 Å². The van der Waals surface area contributed by atoms with Gasteiger partial charge in [0.2, 0.25) is 0 Å².